The van der Waals surface area contributed by atoms with Crippen LogP contribution in [0.2, 0.25) is 0 Å². The molecule has 100 valence electrons. The van der Waals surface area contributed by atoms with Gasteiger partial charge in [-0.2, -0.15) is 0 Å². The van der Waals surface area contributed by atoms with Crippen molar-refractivity contribution >= 4 is 10.9 Å². The second kappa shape index (κ2) is 4.66. The maximum Gasteiger partial charge on any atom is 0.331 e. The molecule has 2 heterocycles. The monoisotopic (exact) mass is 259 g/mol. The number of hydrogen-bond donors (Lipinski definition) is 1. The molecule has 0 saturated carbocycles. The average Bonchev–Trinajstić information content (AvgIpc) is 2.46. The number of hydrogen-bond acceptors (Lipinski definition) is 3. The van der Waals surface area contributed by atoms with Crippen molar-refractivity contribution in [2.75, 3.05) is 13.1 Å². The van der Waals surface area contributed by atoms with Crippen LogP contribution in [0.5, 0.6) is 0 Å². The highest BCUT2D eigenvalue weighted by atomic mass is 16.2. The van der Waals surface area contributed by atoms with Gasteiger partial charge in [0, 0.05) is 13.6 Å². The molecular formula is C14H17N3O2. The lowest BCUT2D eigenvalue weighted by molar-refractivity contribution is 0.351. The number of piperidine rings is 1. The van der Waals surface area contributed by atoms with E-state index in [2.05, 4.69) is 5.32 Å². The molecule has 0 amide bonds. The van der Waals surface area contributed by atoms with Crippen LogP contribution in [0.4, 0.5) is 0 Å². The third-order valence-electron chi connectivity index (χ3n) is 3.84. The zero-order valence-electron chi connectivity index (χ0n) is 10.9. The Labute approximate surface area is 110 Å². The molecular weight excluding hydrogens is 242 g/mol. The zero-order chi connectivity index (χ0) is 13.4. The van der Waals surface area contributed by atoms with E-state index in [1.165, 1.54) is 4.57 Å². The van der Waals surface area contributed by atoms with Gasteiger partial charge in [-0.3, -0.25) is 13.9 Å². The quantitative estimate of drug-likeness (QED) is 0.817. The normalized spacial score (nSPS) is 19.7. The van der Waals surface area contributed by atoms with Crippen LogP contribution in [0.1, 0.15) is 18.9 Å². The molecule has 3 rings (SSSR count). The molecule has 0 spiro atoms. The van der Waals surface area contributed by atoms with Crippen molar-refractivity contribution in [1.82, 2.24) is 14.5 Å². The topological polar surface area (TPSA) is 56.0 Å². The van der Waals surface area contributed by atoms with Crippen LogP contribution in [0.25, 0.3) is 10.9 Å². The van der Waals surface area contributed by atoms with Crippen molar-refractivity contribution in [1.29, 1.82) is 0 Å². The molecule has 1 aromatic carbocycles. The summed E-state index contributed by atoms with van der Waals surface area (Å²) in [5, 5.41) is 3.85. The first-order valence-corrected chi connectivity index (χ1v) is 6.61. The van der Waals surface area contributed by atoms with Crippen LogP contribution >= 0.6 is 0 Å². The minimum atomic E-state index is -0.225. The van der Waals surface area contributed by atoms with Crippen LogP contribution in [0.3, 0.4) is 0 Å². The first kappa shape index (κ1) is 12.2. The molecule has 1 aliphatic heterocycles. The van der Waals surface area contributed by atoms with E-state index in [0.29, 0.717) is 17.4 Å². The van der Waals surface area contributed by atoms with Crippen LogP contribution in [0, 0.1) is 0 Å². The van der Waals surface area contributed by atoms with E-state index < -0.39 is 0 Å². The van der Waals surface area contributed by atoms with Gasteiger partial charge < -0.3 is 5.32 Å². The molecule has 1 N–H and O–H groups in total. The predicted octanol–water partition coefficient (Wildman–Crippen LogP) is 0.625. The van der Waals surface area contributed by atoms with Crippen LogP contribution in [-0.2, 0) is 7.05 Å². The Bertz CT molecular complexity index is 724. The summed E-state index contributed by atoms with van der Waals surface area (Å²) >= 11 is 0. The number of nitrogens with one attached hydrogen (secondary N) is 1. The van der Waals surface area contributed by atoms with Gasteiger partial charge in [-0.25, -0.2) is 4.79 Å². The first-order chi connectivity index (χ1) is 9.20. The Morgan fingerprint density at radius 1 is 1.26 bits per heavy atom. The molecule has 2 aromatic rings. The Morgan fingerprint density at radius 2 is 2.05 bits per heavy atom. The molecule has 1 aromatic heterocycles. The lowest BCUT2D eigenvalue weighted by Crippen LogP contribution is -2.46. The summed E-state index contributed by atoms with van der Waals surface area (Å²) in [4.78, 5) is 24.9. The highest BCUT2D eigenvalue weighted by molar-refractivity contribution is 5.77. The molecule has 19 heavy (non-hydrogen) atoms. The minimum absolute atomic E-state index is 0.0374. The van der Waals surface area contributed by atoms with Gasteiger partial charge in [0.15, 0.2) is 0 Å². The largest absolute Gasteiger partial charge is 0.331 e. The zero-order valence-corrected chi connectivity index (χ0v) is 10.9. The van der Waals surface area contributed by atoms with E-state index in [9.17, 15) is 9.59 Å². The SMILES string of the molecule is Cn1c(=O)n(C2CCCNC2)c(=O)c2ccccc21. The van der Waals surface area contributed by atoms with Crippen molar-refractivity contribution in [2.45, 2.75) is 18.9 Å². The Balaban J connectivity index is 2.30. The van der Waals surface area contributed by atoms with Gasteiger partial charge in [0.05, 0.1) is 16.9 Å². The summed E-state index contributed by atoms with van der Waals surface area (Å²) in [6.07, 6.45) is 1.87. The average molecular weight is 259 g/mol. The standard InChI is InChI=1S/C14H17N3O2/c1-16-12-7-3-2-6-11(12)13(18)17(14(16)19)10-5-4-8-15-9-10/h2-3,6-7,10,15H,4-5,8-9H2,1H3. The molecule has 1 fully saturated rings. The second-order valence-corrected chi connectivity index (χ2v) is 5.03. The summed E-state index contributed by atoms with van der Waals surface area (Å²) in [6, 6.07) is 7.22. The molecule has 0 aliphatic carbocycles. The second-order valence-electron chi connectivity index (χ2n) is 5.03. The maximum absolute atomic E-state index is 12.5. The third-order valence-corrected chi connectivity index (χ3v) is 3.84. The van der Waals surface area contributed by atoms with Gasteiger partial charge >= 0.3 is 5.69 Å². The Morgan fingerprint density at radius 3 is 2.79 bits per heavy atom. The minimum Gasteiger partial charge on any atom is -0.315 e. The van der Waals surface area contributed by atoms with E-state index >= 15 is 0 Å². The molecule has 1 unspecified atom stereocenters. The van der Waals surface area contributed by atoms with Crippen LogP contribution in [0.15, 0.2) is 33.9 Å². The van der Waals surface area contributed by atoms with Crippen LogP contribution in [-0.4, -0.2) is 22.2 Å². The fraction of sp³-hybridized carbons (Fsp3) is 0.429. The van der Waals surface area contributed by atoms with Gasteiger partial charge in [-0.1, -0.05) is 12.1 Å². The van der Waals surface area contributed by atoms with Gasteiger partial charge in [0.2, 0.25) is 0 Å². The lowest BCUT2D eigenvalue weighted by Gasteiger charge is -2.25. The number of fused-ring (bicyclic) bond motifs is 1. The molecule has 0 bridgehead atoms. The number of aryl methyl sites for hydroxylation is 1. The number of benzene rings is 1. The fourth-order valence-corrected chi connectivity index (χ4v) is 2.80. The third kappa shape index (κ3) is 1.90. The fourth-order valence-electron chi connectivity index (χ4n) is 2.80. The molecule has 5 nitrogen and oxygen atoms in total. The number of rotatable bonds is 1. The highest BCUT2D eigenvalue weighted by Gasteiger charge is 2.20. The number of aromatic nitrogens is 2. The Hall–Kier alpha value is -1.88. The van der Waals surface area contributed by atoms with Crippen molar-refractivity contribution in [3.05, 3.63) is 45.1 Å². The molecule has 1 atom stereocenters. The van der Waals surface area contributed by atoms with Crippen molar-refractivity contribution in [3.8, 4) is 0 Å². The lowest BCUT2D eigenvalue weighted by atomic mass is 10.1. The molecule has 5 heteroatoms. The van der Waals surface area contributed by atoms with Gasteiger partial charge in [0.25, 0.3) is 5.56 Å². The number of nitrogens with zero attached hydrogens (tertiary/aromatic N) is 2. The van der Waals surface area contributed by atoms with Gasteiger partial charge in [-0.05, 0) is 31.5 Å². The summed E-state index contributed by atoms with van der Waals surface area (Å²) < 4.78 is 2.97. The van der Waals surface area contributed by atoms with Crippen molar-refractivity contribution < 1.29 is 0 Å². The molecule has 1 aliphatic rings. The van der Waals surface area contributed by atoms with E-state index in [1.54, 1.807) is 17.7 Å². The van der Waals surface area contributed by atoms with E-state index in [-0.39, 0.29) is 17.3 Å². The molecule has 0 radical (unpaired) electrons. The Kier molecular flexibility index (Phi) is 2.98. The maximum atomic E-state index is 12.5. The summed E-state index contributed by atoms with van der Waals surface area (Å²) in [7, 11) is 1.72. The summed E-state index contributed by atoms with van der Waals surface area (Å²) in [5.41, 5.74) is 0.294. The summed E-state index contributed by atoms with van der Waals surface area (Å²) in [5.74, 6) is 0. The van der Waals surface area contributed by atoms with E-state index in [4.69, 9.17) is 0 Å². The summed E-state index contributed by atoms with van der Waals surface area (Å²) in [6.45, 7) is 1.65. The highest BCUT2D eigenvalue weighted by Crippen LogP contribution is 2.14. The van der Waals surface area contributed by atoms with E-state index in [1.807, 2.05) is 18.2 Å². The van der Waals surface area contributed by atoms with Crippen LogP contribution < -0.4 is 16.6 Å². The smallest absolute Gasteiger partial charge is 0.315 e. The number of para-hydroxylation sites is 1. The van der Waals surface area contributed by atoms with Gasteiger partial charge in [-0.15, -0.1) is 0 Å². The van der Waals surface area contributed by atoms with Crippen molar-refractivity contribution in [3.63, 3.8) is 0 Å². The molecule has 1 saturated heterocycles. The predicted molar refractivity (Wildman–Crippen MR) is 74.6 cm³/mol. The van der Waals surface area contributed by atoms with Crippen molar-refractivity contribution in [2.24, 2.45) is 7.05 Å². The first-order valence-electron chi connectivity index (χ1n) is 6.61. The van der Waals surface area contributed by atoms with E-state index in [0.717, 1.165) is 19.4 Å². The van der Waals surface area contributed by atoms with Gasteiger partial charge in [0.1, 0.15) is 0 Å².